The summed E-state index contributed by atoms with van der Waals surface area (Å²) in [5.41, 5.74) is 0.713. The average Bonchev–Trinajstić information content (AvgIpc) is 2.16. The Morgan fingerprint density at radius 1 is 1.25 bits per heavy atom. The molecule has 1 rings (SSSR count). The molecule has 0 spiro atoms. The summed E-state index contributed by atoms with van der Waals surface area (Å²) in [5.74, 6) is -1.22. The highest BCUT2D eigenvalue weighted by molar-refractivity contribution is 7.89. The zero-order valence-corrected chi connectivity index (χ0v) is 9.50. The molecular formula is C9H11NO5S. The van der Waals surface area contributed by atoms with Crippen LogP contribution in [-0.4, -0.2) is 24.7 Å². The Morgan fingerprint density at radius 2 is 1.81 bits per heavy atom. The Morgan fingerprint density at radius 3 is 2.25 bits per heavy atom. The molecule has 0 atom stereocenters. The van der Waals surface area contributed by atoms with Crippen molar-refractivity contribution >= 4 is 16.0 Å². The maximum absolute atomic E-state index is 11.4. The molecule has 6 nitrogen and oxygen atoms in total. The van der Waals surface area contributed by atoms with Gasteiger partial charge in [0.05, 0.1) is 10.5 Å². The van der Waals surface area contributed by atoms with Crippen molar-refractivity contribution in [2.45, 2.75) is 18.7 Å². The van der Waals surface area contributed by atoms with E-state index in [1.807, 2.05) is 0 Å². The third kappa shape index (κ3) is 2.21. The zero-order valence-electron chi connectivity index (χ0n) is 8.68. The molecule has 0 aromatic heterocycles. The predicted octanol–water partition coefficient (Wildman–Crippen LogP) is 0.669. The molecule has 1 aromatic carbocycles. The lowest BCUT2D eigenvalue weighted by atomic mass is 10.1. The van der Waals surface area contributed by atoms with Gasteiger partial charge in [-0.25, -0.2) is 13.2 Å². The smallest absolute Gasteiger partial charge is 0.335 e. The number of sulfonamides is 1. The summed E-state index contributed by atoms with van der Waals surface area (Å²) in [4.78, 5) is 11.7. The molecule has 0 aliphatic heterocycles. The van der Waals surface area contributed by atoms with E-state index in [0.29, 0.717) is 11.1 Å². The van der Waals surface area contributed by atoms with Crippen LogP contribution in [0.25, 0.3) is 0 Å². The molecule has 0 radical (unpaired) electrons. The summed E-state index contributed by atoms with van der Waals surface area (Å²) in [7, 11) is -4.06. The fourth-order valence-electron chi connectivity index (χ4n) is 1.40. The van der Waals surface area contributed by atoms with Gasteiger partial charge >= 0.3 is 5.97 Å². The molecule has 1 aromatic rings. The molecule has 3 N–H and O–H groups in total. The summed E-state index contributed by atoms with van der Waals surface area (Å²) in [5, 5.41) is 17.3. The number of aromatic carboxylic acids is 1. The quantitative estimate of drug-likeness (QED) is 0.679. The molecule has 0 fully saturated rings. The largest absolute Gasteiger partial charge is 0.478 e. The molecule has 0 saturated heterocycles. The van der Waals surface area contributed by atoms with Crippen molar-refractivity contribution < 1.29 is 23.5 Å². The van der Waals surface area contributed by atoms with E-state index in [9.17, 15) is 13.2 Å². The van der Waals surface area contributed by atoms with E-state index in [2.05, 4.69) is 0 Å². The van der Waals surface area contributed by atoms with Crippen LogP contribution in [0.4, 0.5) is 0 Å². The van der Waals surface area contributed by atoms with Crippen LogP contribution in [-0.2, 0) is 10.0 Å². The molecule has 88 valence electrons. The first-order chi connectivity index (χ1) is 7.29. The van der Waals surface area contributed by atoms with Gasteiger partial charge in [0.2, 0.25) is 0 Å². The lowest BCUT2D eigenvalue weighted by Gasteiger charge is -2.09. The van der Waals surface area contributed by atoms with Crippen molar-refractivity contribution in [1.29, 1.82) is 0 Å². The van der Waals surface area contributed by atoms with E-state index in [-0.39, 0.29) is 10.5 Å². The summed E-state index contributed by atoms with van der Waals surface area (Å²) >= 11 is 0. The Balaban J connectivity index is 3.55. The van der Waals surface area contributed by atoms with Gasteiger partial charge in [-0.15, -0.1) is 0 Å². The van der Waals surface area contributed by atoms with Gasteiger partial charge in [0, 0.05) is 0 Å². The highest BCUT2D eigenvalue weighted by Gasteiger charge is 2.19. The Labute approximate surface area is 92.5 Å². The minimum Gasteiger partial charge on any atom is -0.478 e. The number of carboxylic acid groups (broad SMARTS) is 1. The van der Waals surface area contributed by atoms with E-state index >= 15 is 0 Å². The van der Waals surface area contributed by atoms with Gasteiger partial charge in [0.15, 0.2) is 0 Å². The Hall–Kier alpha value is -1.44. The summed E-state index contributed by atoms with van der Waals surface area (Å²) in [6.45, 7) is 3.09. The average molecular weight is 245 g/mol. The Bertz CT molecular complexity index is 535. The van der Waals surface area contributed by atoms with Crippen molar-refractivity contribution in [2.24, 2.45) is 0 Å². The molecule has 0 bridgehead atoms. The maximum atomic E-state index is 11.4. The van der Waals surface area contributed by atoms with Gasteiger partial charge in [0.25, 0.3) is 10.0 Å². The Kier molecular flexibility index (Phi) is 3.32. The topological polar surface area (TPSA) is 104 Å². The van der Waals surface area contributed by atoms with Crippen molar-refractivity contribution in [3.05, 3.63) is 28.8 Å². The highest BCUT2D eigenvalue weighted by atomic mass is 32.2. The van der Waals surface area contributed by atoms with Crippen molar-refractivity contribution in [1.82, 2.24) is 4.89 Å². The molecule has 0 aliphatic rings. The van der Waals surface area contributed by atoms with Crippen molar-refractivity contribution in [3.63, 3.8) is 0 Å². The number of nitrogens with one attached hydrogen (secondary N) is 1. The SMILES string of the molecule is Cc1cc(C)c(S(=O)(=O)NO)cc1C(=O)O. The molecule has 0 unspecified atom stereocenters. The fourth-order valence-corrected chi connectivity index (χ4v) is 2.26. The molecule has 16 heavy (non-hydrogen) atoms. The summed E-state index contributed by atoms with van der Waals surface area (Å²) in [6, 6.07) is 2.46. The molecular weight excluding hydrogens is 234 g/mol. The number of benzene rings is 1. The monoisotopic (exact) mass is 245 g/mol. The second kappa shape index (κ2) is 4.20. The molecule has 0 aliphatic carbocycles. The minimum atomic E-state index is -4.06. The van der Waals surface area contributed by atoms with Crippen LogP contribution in [0, 0.1) is 13.8 Å². The number of carbonyl (C=O) groups is 1. The van der Waals surface area contributed by atoms with Crippen LogP contribution < -0.4 is 4.89 Å². The fraction of sp³-hybridized carbons (Fsp3) is 0.222. The number of carboxylic acids is 1. The lowest BCUT2D eigenvalue weighted by Crippen LogP contribution is -2.21. The molecule has 0 heterocycles. The maximum Gasteiger partial charge on any atom is 0.335 e. The minimum absolute atomic E-state index is 0.112. The first-order valence-electron chi connectivity index (χ1n) is 4.30. The van der Waals surface area contributed by atoms with E-state index in [1.54, 1.807) is 6.92 Å². The predicted molar refractivity (Wildman–Crippen MR) is 55.0 cm³/mol. The van der Waals surface area contributed by atoms with E-state index in [4.69, 9.17) is 10.3 Å². The molecule has 0 saturated carbocycles. The second-order valence-electron chi connectivity index (χ2n) is 3.33. The molecule has 0 amide bonds. The van der Waals surface area contributed by atoms with Crippen LogP contribution in [0.1, 0.15) is 21.5 Å². The first kappa shape index (κ1) is 12.6. The van der Waals surface area contributed by atoms with Crippen LogP contribution in [0.2, 0.25) is 0 Å². The summed E-state index contributed by atoms with van der Waals surface area (Å²) < 4.78 is 22.7. The zero-order chi connectivity index (χ0) is 12.5. The van der Waals surface area contributed by atoms with Crippen molar-refractivity contribution in [2.75, 3.05) is 0 Å². The van der Waals surface area contributed by atoms with Crippen LogP contribution in [0.3, 0.4) is 0 Å². The third-order valence-corrected chi connectivity index (χ3v) is 3.42. The van der Waals surface area contributed by atoms with Crippen LogP contribution in [0.15, 0.2) is 17.0 Å². The van der Waals surface area contributed by atoms with E-state index < -0.39 is 16.0 Å². The van der Waals surface area contributed by atoms with Gasteiger partial charge in [-0.05, 0) is 31.0 Å². The van der Waals surface area contributed by atoms with Gasteiger partial charge in [-0.1, -0.05) is 11.0 Å². The summed E-state index contributed by atoms with van der Waals surface area (Å²) in [6.07, 6.45) is 0. The number of hydrogen-bond acceptors (Lipinski definition) is 4. The van der Waals surface area contributed by atoms with Crippen LogP contribution >= 0.6 is 0 Å². The normalized spacial score (nSPS) is 11.4. The second-order valence-corrected chi connectivity index (χ2v) is 4.96. The van der Waals surface area contributed by atoms with Crippen molar-refractivity contribution in [3.8, 4) is 0 Å². The molecule has 7 heteroatoms. The van der Waals surface area contributed by atoms with Crippen LogP contribution in [0.5, 0.6) is 0 Å². The van der Waals surface area contributed by atoms with E-state index in [0.717, 1.165) is 11.0 Å². The third-order valence-electron chi connectivity index (χ3n) is 2.16. The van der Waals surface area contributed by atoms with Gasteiger partial charge in [-0.2, -0.15) is 0 Å². The lowest BCUT2D eigenvalue weighted by molar-refractivity contribution is 0.0696. The van der Waals surface area contributed by atoms with Gasteiger partial charge in [-0.3, -0.25) is 0 Å². The standard InChI is InChI=1S/C9H11NO5S/c1-5-3-6(2)8(16(14,15)10-13)4-7(5)9(11)12/h3-4,10,13H,1-2H3,(H,11,12). The van der Waals surface area contributed by atoms with Gasteiger partial charge < -0.3 is 10.3 Å². The van der Waals surface area contributed by atoms with Gasteiger partial charge in [0.1, 0.15) is 0 Å². The number of aryl methyl sites for hydroxylation is 2. The number of hydrogen-bond donors (Lipinski definition) is 3. The first-order valence-corrected chi connectivity index (χ1v) is 5.78. The number of rotatable bonds is 3. The highest BCUT2D eigenvalue weighted by Crippen LogP contribution is 2.20. The van der Waals surface area contributed by atoms with E-state index in [1.165, 1.54) is 13.0 Å².